The van der Waals surface area contributed by atoms with Crippen molar-refractivity contribution in [3.8, 4) is 11.5 Å². The zero-order valence-corrected chi connectivity index (χ0v) is 22.0. The summed E-state index contributed by atoms with van der Waals surface area (Å²) in [6.07, 6.45) is 0.182. The van der Waals surface area contributed by atoms with Crippen molar-refractivity contribution >= 4 is 55.5 Å². The third-order valence-corrected chi connectivity index (χ3v) is 7.13. The summed E-state index contributed by atoms with van der Waals surface area (Å²) in [6.45, 7) is 4.07. The maximum atomic E-state index is 13.1. The molecule has 0 aliphatic rings. The van der Waals surface area contributed by atoms with Crippen LogP contribution in [0.1, 0.15) is 29.8 Å². The van der Waals surface area contributed by atoms with Crippen molar-refractivity contribution in [2.75, 3.05) is 11.9 Å². The van der Waals surface area contributed by atoms with E-state index in [9.17, 15) is 22.9 Å². The highest BCUT2D eigenvalue weighted by Crippen LogP contribution is 2.41. The second-order valence-electron chi connectivity index (χ2n) is 8.16. The van der Waals surface area contributed by atoms with Crippen molar-refractivity contribution in [1.82, 2.24) is 0 Å². The molecule has 0 bridgehead atoms. The monoisotopic (exact) mass is 553 g/mol. The van der Waals surface area contributed by atoms with E-state index in [-0.39, 0.29) is 33.9 Å². The molecule has 0 unspecified atom stereocenters. The highest BCUT2D eigenvalue weighted by atomic mass is 35.5. The number of hydrogen-bond donors (Lipinski definition) is 3. The van der Waals surface area contributed by atoms with Crippen LogP contribution in [0.3, 0.4) is 0 Å². The number of phenolic OH excluding ortho intramolecular Hbond substituents is 1. The first-order valence-corrected chi connectivity index (χ1v) is 13.4. The third kappa shape index (κ3) is 5.62. The van der Waals surface area contributed by atoms with Gasteiger partial charge in [-0.05, 0) is 61.2 Å². The molecule has 0 fully saturated rings. The van der Waals surface area contributed by atoms with Crippen LogP contribution in [0.15, 0.2) is 81.9 Å². The highest BCUT2D eigenvalue weighted by molar-refractivity contribution is 7.86. The molecule has 0 saturated heterocycles. The lowest BCUT2D eigenvalue weighted by Crippen LogP contribution is -2.12. The van der Waals surface area contributed by atoms with Crippen LogP contribution in [0.5, 0.6) is 11.5 Å². The van der Waals surface area contributed by atoms with Crippen molar-refractivity contribution in [1.29, 1.82) is 0 Å². The molecular formula is C27H24ClN3O6S. The minimum Gasteiger partial charge on any atom is -0.505 e. The molecule has 4 rings (SSSR count). The lowest BCUT2D eigenvalue weighted by Gasteiger charge is -2.12. The SMILES string of the molecule is CCOc1ccc(NC(=O)c2cc3ccccc3c(N=Nc3ccc(Cl)c(S(=O)(=O)O)c3CC)c2O)cc1. The molecule has 196 valence electrons. The number of hydrogen-bond acceptors (Lipinski definition) is 7. The maximum Gasteiger partial charge on any atom is 0.296 e. The van der Waals surface area contributed by atoms with Crippen molar-refractivity contribution in [2.45, 2.75) is 25.2 Å². The molecule has 0 aromatic heterocycles. The van der Waals surface area contributed by atoms with E-state index in [1.54, 1.807) is 61.5 Å². The molecule has 38 heavy (non-hydrogen) atoms. The predicted octanol–water partition coefficient (Wildman–Crippen LogP) is 7.07. The standard InChI is InChI=1S/C27H24ClN3O6S/c1-3-19-23(14-13-22(28)26(19)38(34,35)36)30-31-24-20-8-6-5-7-16(20)15-21(25(24)32)27(33)29-17-9-11-18(12-10-17)37-4-2/h5-15,32H,3-4H2,1-2H3,(H,29,33)(H,34,35,36). The second-order valence-corrected chi connectivity index (χ2v) is 9.92. The second kappa shape index (κ2) is 11.2. The number of halogens is 1. The topological polar surface area (TPSA) is 138 Å². The number of ether oxygens (including phenoxy) is 1. The average Bonchev–Trinajstić information content (AvgIpc) is 2.88. The molecule has 4 aromatic carbocycles. The number of anilines is 1. The summed E-state index contributed by atoms with van der Waals surface area (Å²) >= 11 is 6.03. The Kier molecular flexibility index (Phi) is 7.96. The number of nitrogens with one attached hydrogen (secondary N) is 1. The Morgan fingerprint density at radius 2 is 1.74 bits per heavy atom. The Labute approximate surface area is 224 Å². The van der Waals surface area contributed by atoms with Gasteiger partial charge in [0.25, 0.3) is 16.0 Å². The van der Waals surface area contributed by atoms with Gasteiger partial charge in [0.1, 0.15) is 16.3 Å². The number of rotatable bonds is 8. The first-order valence-electron chi connectivity index (χ1n) is 11.6. The third-order valence-electron chi connectivity index (χ3n) is 5.72. The number of phenols is 1. The Bertz CT molecular complexity index is 1650. The quantitative estimate of drug-likeness (QED) is 0.157. The molecule has 0 heterocycles. The van der Waals surface area contributed by atoms with Gasteiger partial charge in [0, 0.05) is 16.6 Å². The van der Waals surface area contributed by atoms with E-state index in [1.165, 1.54) is 12.1 Å². The number of aromatic hydroxyl groups is 1. The molecule has 1 amide bonds. The lowest BCUT2D eigenvalue weighted by atomic mass is 10.0. The van der Waals surface area contributed by atoms with E-state index in [0.717, 1.165) is 0 Å². The Hall–Kier alpha value is -3.99. The Morgan fingerprint density at radius 1 is 1.03 bits per heavy atom. The van der Waals surface area contributed by atoms with Crippen LogP contribution in [0.25, 0.3) is 10.8 Å². The fourth-order valence-corrected chi connectivity index (χ4v) is 5.34. The van der Waals surface area contributed by atoms with Crippen LogP contribution in [-0.2, 0) is 16.5 Å². The molecule has 0 aliphatic heterocycles. The average molecular weight is 554 g/mol. The van der Waals surface area contributed by atoms with Crippen molar-refractivity contribution < 1.29 is 27.6 Å². The van der Waals surface area contributed by atoms with Gasteiger partial charge in [-0.3, -0.25) is 9.35 Å². The fraction of sp³-hybridized carbons (Fsp3) is 0.148. The minimum absolute atomic E-state index is 0.0188. The summed E-state index contributed by atoms with van der Waals surface area (Å²) in [5.74, 6) is -0.311. The number of carbonyl (C=O) groups excluding carboxylic acids is 1. The number of carbonyl (C=O) groups is 1. The smallest absolute Gasteiger partial charge is 0.296 e. The van der Waals surface area contributed by atoms with Crippen LogP contribution in [0, 0.1) is 0 Å². The van der Waals surface area contributed by atoms with E-state index < -0.39 is 26.7 Å². The normalized spacial score (nSPS) is 11.7. The van der Waals surface area contributed by atoms with E-state index in [0.29, 0.717) is 28.8 Å². The summed E-state index contributed by atoms with van der Waals surface area (Å²) < 4.78 is 38.9. The molecule has 0 spiro atoms. The van der Waals surface area contributed by atoms with E-state index in [2.05, 4.69) is 15.5 Å². The van der Waals surface area contributed by atoms with Gasteiger partial charge in [0.15, 0.2) is 5.75 Å². The molecule has 0 radical (unpaired) electrons. The zero-order chi connectivity index (χ0) is 27.4. The van der Waals surface area contributed by atoms with Gasteiger partial charge in [0.05, 0.1) is 22.9 Å². The first-order chi connectivity index (χ1) is 18.1. The summed E-state index contributed by atoms with van der Waals surface area (Å²) in [5, 5.41) is 23.2. The van der Waals surface area contributed by atoms with Crippen molar-refractivity contribution in [2.24, 2.45) is 10.2 Å². The van der Waals surface area contributed by atoms with E-state index in [1.807, 2.05) is 6.92 Å². The summed E-state index contributed by atoms with van der Waals surface area (Å²) in [6, 6.07) is 18.1. The van der Waals surface area contributed by atoms with Crippen molar-refractivity contribution in [3.63, 3.8) is 0 Å². The van der Waals surface area contributed by atoms with Gasteiger partial charge < -0.3 is 15.2 Å². The summed E-state index contributed by atoms with van der Waals surface area (Å²) in [5.41, 5.74) is 0.789. The van der Waals surface area contributed by atoms with Crippen LogP contribution >= 0.6 is 11.6 Å². The van der Waals surface area contributed by atoms with Crippen LogP contribution in [0.4, 0.5) is 17.1 Å². The number of azo groups is 1. The molecule has 4 aromatic rings. The number of benzene rings is 4. The van der Waals surface area contributed by atoms with Gasteiger partial charge >= 0.3 is 0 Å². The lowest BCUT2D eigenvalue weighted by molar-refractivity contribution is 0.102. The van der Waals surface area contributed by atoms with Gasteiger partial charge in [-0.2, -0.15) is 13.5 Å². The molecule has 3 N–H and O–H groups in total. The first kappa shape index (κ1) is 27.1. The van der Waals surface area contributed by atoms with Crippen molar-refractivity contribution in [3.05, 3.63) is 82.9 Å². The molecule has 9 nitrogen and oxygen atoms in total. The summed E-state index contributed by atoms with van der Waals surface area (Å²) in [7, 11) is -4.62. The number of fused-ring (bicyclic) bond motifs is 1. The molecule has 0 saturated carbocycles. The summed E-state index contributed by atoms with van der Waals surface area (Å²) in [4.78, 5) is 12.7. The largest absolute Gasteiger partial charge is 0.505 e. The molecular weight excluding hydrogens is 530 g/mol. The van der Waals surface area contributed by atoms with Gasteiger partial charge in [-0.15, -0.1) is 5.11 Å². The van der Waals surface area contributed by atoms with Gasteiger partial charge in [-0.1, -0.05) is 42.8 Å². The fourth-order valence-electron chi connectivity index (χ4n) is 4.00. The van der Waals surface area contributed by atoms with Gasteiger partial charge in [-0.25, -0.2) is 0 Å². The van der Waals surface area contributed by atoms with E-state index >= 15 is 0 Å². The molecule has 11 heteroatoms. The van der Waals surface area contributed by atoms with Crippen LogP contribution in [0.2, 0.25) is 5.02 Å². The Balaban J connectivity index is 1.78. The Morgan fingerprint density at radius 3 is 2.39 bits per heavy atom. The number of amides is 1. The van der Waals surface area contributed by atoms with Gasteiger partial charge in [0.2, 0.25) is 0 Å². The zero-order valence-electron chi connectivity index (χ0n) is 20.5. The minimum atomic E-state index is -4.62. The highest BCUT2D eigenvalue weighted by Gasteiger charge is 2.23. The molecule has 0 aliphatic carbocycles. The van der Waals surface area contributed by atoms with Crippen LogP contribution in [-0.4, -0.2) is 30.6 Å². The maximum absolute atomic E-state index is 13.1. The predicted molar refractivity (Wildman–Crippen MR) is 146 cm³/mol. The van der Waals surface area contributed by atoms with E-state index in [4.69, 9.17) is 16.3 Å². The molecule has 0 atom stereocenters. The number of nitrogens with zero attached hydrogens (tertiary/aromatic N) is 2. The van der Waals surface area contributed by atoms with Crippen LogP contribution < -0.4 is 10.1 Å².